The van der Waals surface area contributed by atoms with E-state index in [1.165, 1.54) is 0 Å². The molecule has 66 valence electrons. The van der Waals surface area contributed by atoms with Crippen LogP contribution in [0.15, 0.2) is 0 Å². The van der Waals surface area contributed by atoms with E-state index in [-0.39, 0.29) is 6.61 Å². The van der Waals surface area contributed by atoms with E-state index in [0.717, 1.165) is 13.1 Å². The van der Waals surface area contributed by atoms with Gasteiger partial charge >= 0.3 is 0 Å². The molecule has 0 aromatic heterocycles. The molecule has 1 heterocycles. The van der Waals surface area contributed by atoms with Crippen molar-refractivity contribution >= 4 is 0 Å². The predicted molar refractivity (Wildman–Crippen MR) is 45.6 cm³/mol. The Morgan fingerprint density at radius 1 is 1.36 bits per heavy atom. The van der Waals surface area contributed by atoms with Crippen LogP contribution in [0.2, 0.25) is 0 Å². The first-order chi connectivity index (χ1) is 5.15. The monoisotopic (exact) mass is 158 g/mol. The third-order valence-corrected chi connectivity index (χ3v) is 2.58. The van der Waals surface area contributed by atoms with E-state index in [0.29, 0.717) is 12.1 Å². The molecule has 0 aliphatic carbocycles. The highest BCUT2D eigenvalue weighted by Gasteiger charge is 2.26. The number of aliphatic hydroxyl groups is 1. The maximum absolute atomic E-state index is 9.03. The van der Waals surface area contributed by atoms with Gasteiger partial charge in [-0.3, -0.25) is 4.90 Å². The van der Waals surface area contributed by atoms with Crippen LogP contribution in [0.1, 0.15) is 6.92 Å². The minimum Gasteiger partial charge on any atom is -0.395 e. The molecular weight excluding hydrogens is 140 g/mol. The zero-order valence-electron chi connectivity index (χ0n) is 7.62. The van der Waals surface area contributed by atoms with E-state index in [4.69, 9.17) is 5.11 Å². The van der Waals surface area contributed by atoms with Gasteiger partial charge in [0.15, 0.2) is 0 Å². The van der Waals surface area contributed by atoms with Gasteiger partial charge in [0.05, 0.1) is 6.61 Å². The second kappa shape index (κ2) is 3.52. The first-order valence-corrected chi connectivity index (χ1v) is 4.16. The molecule has 3 heteroatoms. The molecule has 2 atom stereocenters. The first-order valence-electron chi connectivity index (χ1n) is 4.16. The molecule has 1 rings (SSSR count). The van der Waals surface area contributed by atoms with Crippen molar-refractivity contribution in [3.63, 3.8) is 0 Å². The SMILES string of the molecule is CC1CN(C)CC(CO)N1C. The Morgan fingerprint density at radius 3 is 2.55 bits per heavy atom. The number of hydrogen-bond acceptors (Lipinski definition) is 3. The van der Waals surface area contributed by atoms with Crippen LogP contribution in [-0.4, -0.2) is 60.8 Å². The zero-order valence-corrected chi connectivity index (χ0v) is 7.62. The average molecular weight is 158 g/mol. The van der Waals surface area contributed by atoms with Crippen LogP contribution >= 0.6 is 0 Å². The van der Waals surface area contributed by atoms with Crippen molar-refractivity contribution in [3.8, 4) is 0 Å². The summed E-state index contributed by atoms with van der Waals surface area (Å²) < 4.78 is 0. The van der Waals surface area contributed by atoms with Crippen LogP contribution in [0.25, 0.3) is 0 Å². The summed E-state index contributed by atoms with van der Waals surface area (Å²) in [5.41, 5.74) is 0. The van der Waals surface area contributed by atoms with Crippen LogP contribution in [0.3, 0.4) is 0 Å². The predicted octanol–water partition coefficient (Wildman–Crippen LogP) is -0.387. The summed E-state index contributed by atoms with van der Waals surface area (Å²) in [5, 5.41) is 9.03. The van der Waals surface area contributed by atoms with Gasteiger partial charge in [-0.1, -0.05) is 0 Å². The van der Waals surface area contributed by atoms with Crippen molar-refractivity contribution in [2.45, 2.75) is 19.0 Å². The van der Waals surface area contributed by atoms with Crippen molar-refractivity contribution in [1.29, 1.82) is 0 Å². The van der Waals surface area contributed by atoms with Crippen LogP contribution in [0.4, 0.5) is 0 Å². The minimum absolute atomic E-state index is 0.269. The molecule has 2 unspecified atom stereocenters. The Labute approximate surface area is 68.6 Å². The molecule has 11 heavy (non-hydrogen) atoms. The van der Waals surface area contributed by atoms with Crippen molar-refractivity contribution in [1.82, 2.24) is 9.80 Å². The molecule has 1 saturated heterocycles. The summed E-state index contributed by atoms with van der Waals surface area (Å²) in [6, 6.07) is 0.884. The maximum atomic E-state index is 9.03. The topological polar surface area (TPSA) is 26.7 Å². The molecule has 0 radical (unpaired) electrons. The lowest BCUT2D eigenvalue weighted by Crippen LogP contribution is -2.56. The Hall–Kier alpha value is -0.120. The highest BCUT2D eigenvalue weighted by molar-refractivity contribution is 4.82. The Kier molecular flexibility index (Phi) is 2.87. The molecule has 0 spiro atoms. The largest absolute Gasteiger partial charge is 0.395 e. The molecule has 0 aromatic rings. The van der Waals surface area contributed by atoms with Crippen LogP contribution in [0, 0.1) is 0 Å². The summed E-state index contributed by atoms with van der Waals surface area (Å²) >= 11 is 0. The van der Waals surface area contributed by atoms with E-state index in [1.807, 2.05) is 0 Å². The summed E-state index contributed by atoms with van der Waals surface area (Å²) in [6.45, 7) is 4.55. The van der Waals surface area contributed by atoms with Gasteiger partial charge in [-0.15, -0.1) is 0 Å². The molecule has 0 saturated carbocycles. The molecule has 1 aliphatic heterocycles. The molecule has 0 aromatic carbocycles. The molecule has 0 amide bonds. The quantitative estimate of drug-likeness (QED) is 0.563. The summed E-state index contributed by atoms with van der Waals surface area (Å²) in [7, 11) is 4.19. The first kappa shape index (κ1) is 8.97. The van der Waals surface area contributed by atoms with E-state index in [2.05, 4.69) is 30.8 Å². The number of hydrogen-bond donors (Lipinski definition) is 1. The smallest absolute Gasteiger partial charge is 0.0599 e. The zero-order chi connectivity index (χ0) is 8.43. The summed E-state index contributed by atoms with van der Waals surface area (Å²) in [5.74, 6) is 0. The lowest BCUT2D eigenvalue weighted by atomic mass is 10.1. The number of rotatable bonds is 1. The highest BCUT2D eigenvalue weighted by atomic mass is 16.3. The summed E-state index contributed by atoms with van der Waals surface area (Å²) in [4.78, 5) is 4.52. The standard InChI is InChI=1S/C8H18N2O/c1-7-4-9(2)5-8(6-11)10(7)3/h7-8,11H,4-6H2,1-3H3. The van der Waals surface area contributed by atoms with Crippen molar-refractivity contribution in [2.24, 2.45) is 0 Å². The molecule has 1 N–H and O–H groups in total. The van der Waals surface area contributed by atoms with Crippen LogP contribution in [0.5, 0.6) is 0 Å². The number of piperazine rings is 1. The Bertz CT molecular complexity index is 129. The third-order valence-electron chi connectivity index (χ3n) is 2.58. The van der Waals surface area contributed by atoms with Crippen LogP contribution < -0.4 is 0 Å². The fourth-order valence-corrected chi connectivity index (χ4v) is 1.69. The van der Waals surface area contributed by atoms with Gasteiger partial charge in [0.25, 0.3) is 0 Å². The van der Waals surface area contributed by atoms with Gasteiger partial charge in [0.1, 0.15) is 0 Å². The highest BCUT2D eigenvalue weighted by Crippen LogP contribution is 2.10. The van der Waals surface area contributed by atoms with Gasteiger partial charge in [0, 0.05) is 25.2 Å². The third kappa shape index (κ3) is 1.92. The van der Waals surface area contributed by atoms with Crippen molar-refractivity contribution in [3.05, 3.63) is 0 Å². The van der Waals surface area contributed by atoms with Crippen molar-refractivity contribution < 1.29 is 5.11 Å². The van der Waals surface area contributed by atoms with Crippen LogP contribution in [-0.2, 0) is 0 Å². The van der Waals surface area contributed by atoms with Crippen molar-refractivity contribution in [2.75, 3.05) is 33.8 Å². The Balaban J connectivity index is 2.51. The number of aliphatic hydroxyl groups excluding tert-OH is 1. The van der Waals surface area contributed by atoms with Gasteiger partial charge in [-0.05, 0) is 21.0 Å². The number of likely N-dealkylation sites (N-methyl/N-ethyl adjacent to an activating group) is 2. The fraction of sp³-hybridized carbons (Fsp3) is 1.00. The molecule has 1 aliphatic rings. The van der Waals surface area contributed by atoms with E-state index >= 15 is 0 Å². The molecule has 0 bridgehead atoms. The van der Waals surface area contributed by atoms with E-state index in [1.54, 1.807) is 0 Å². The van der Waals surface area contributed by atoms with E-state index in [9.17, 15) is 0 Å². The minimum atomic E-state index is 0.269. The van der Waals surface area contributed by atoms with E-state index < -0.39 is 0 Å². The van der Waals surface area contributed by atoms with Gasteiger partial charge in [0.2, 0.25) is 0 Å². The average Bonchev–Trinajstić information content (AvgIpc) is 1.96. The number of nitrogens with zero attached hydrogens (tertiary/aromatic N) is 2. The fourth-order valence-electron chi connectivity index (χ4n) is 1.69. The lowest BCUT2D eigenvalue weighted by molar-refractivity contribution is 0.0337. The second-order valence-electron chi connectivity index (χ2n) is 3.57. The Morgan fingerprint density at radius 2 is 2.00 bits per heavy atom. The van der Waals surface area contributed by atoms with Gasteiger partial charge < -0.3 is 10.0 Å². The maximum Gasteiger partial charge on any atom is 0.0599 e. The van der Waals surface area contributed by atoms with Gasteiger partial charge in [-0.2, -0.15) is 0 Å². The second-order valence-corrected chi connectivity index (χ2v) is 3.57. The lowest BCUT2D eigenvalue weighted by Gasteiger charge is -2.41. The normalized spacial score (nSPS) is 36.0. The summed E-state index contributed by atoms with van der Waals surface area (Å²) in [6.07, 6.45) is 0. The van der Waals surface area contributed by atoms with Gasteiger partial charge in [-0.25, -0.2) is 0 Å². The molecular formula is C8H18N2O. The molecule has 1 fully saturated rings. The molecule has 3 nitrogen and oxygen atoms in total.